The lowest BCUT2D eigenvalue weighted by Gasteiger charge is -2.27. The van der Waals surface area contributed by atoms with Gasteiger partial charge in [-0.15, -0.1) is 0 Å². The fourth-order valence-electron chi connectivity index (χ4n) is 4.61. The number of para-hydroxylation sites is 1. The molecule has 1 spiro atoms. The summed E-state index contributed by atoms with van der Waals surface area (Å²) in [6.45, 7) is 1.93. The minimum atomic E-state index is -1.09. The number of amides is 1. The van der Waals surface area contributed by atoms with Crippen LogP contribution in [0, 0.1) is 36.0 Å². The summed E-state index contributed by atoms with van der Waals surface area (Å²) in [4.78, 5) is 24.4. The average Bonchev–Trinajstić information content (AvgIpc) is 3.15. The Morgan fingerprint density at radius 3 is 2.36 bits per heavy atom. The van der Waals surface area contributed by atoms with Gasteiger partial charge in [-0.3, -0.25) is 4.79 Å². The van der Waals surface area contributed by atoms with Gasteiger partial charge in [-0.25, -0.2) is 0 Å². The van der Waals surface area contributed by atoms with Crippen molar-refractivity contribution in [2.45, 2.75) is 19.8 Å². The summed E-state index contributed by atoms with van der Waals surface area (Å²) < 4.78 is 0. The van der Waals surface area contributed by atoms with Gasteiger partial charge in [0.05, 0.1) is 5.92 Å². The molecule has 114 valence electrons. The van der Waals surface area contributed by atoms with Crippen molar-refractivity contribution in [2.75, 3.05) is 5.32 Å². The zero-order valence-electron chi connectivity index (χ0n) is 12.4. The van der Waals surface area contributed by atoms with Crippen LogP contribution >= 0.6 is 0 Å². The standard InChI is InChI=1S/C18H19NO3/c1-10-4-2-3-5-13(10)19-16(20)14-11-6-7-12(15(14)17(21)22)18(11)8-9-18/h2-7,11-12,14-15H,8-9H2,1H3,(H,19,20)(H,21,22)/p-1. The normalized spacial score (nSPS) is 33.1. The van der Waals surface area contributed by atoms with Crippen molar-refractivity contribution >= 4 is 17.6 Å². The molecule has 2 fully saturated rings. The van der Waals surface area contributed by atoms with Crippen LogP contribution in [-0.4, -0.2) is 11.9 Å². The van der Waals surface area contributed by atoms with Gasteiger partial charge in [-0.05, 0) is 48.6 Å². The third kappa shape index (κ3) is 1.70. The molecule has 0 heterocycles. The first-order valence-corrected chi connectivity index (χ1v) is 7.80. The Balaban J connectivity index is 1.64. The molecule has 1 amide bonds. The van der Waals surface area contributed by atoms with Crippen molar-refractivity contribution in [3.05, 3.63) is 42.0 Å². The van der Waals surface area contributed by atoms with Crippen molar-refractivity contribution in [3.63, 3.8) is 0 Å². The van der Waals surface area contributed by atoms with E-state index in [1.54, 1.807) is 0 Å². The van der Waals surface area contributed by atoms with Gasteiger partial charge in [0.1, 0.15) is 0 Å². The molecule has 4 rings (SSSR count). The average molecular weight is 296 g/mol. The molecule has 2 bridgehead atoms. The number of carboxylic acid groups (broad SMARTS) is 1. The minimum absolute atomic E-state index is 0.0263. The van der Waals surface area contributed by atoms with Crippen LogP contribution in [0.4, 0.5) is 5.69 Å². The molecule has 1 aromatic rings. The maximum Gasteiger partial charge on any atom is 0.228 e. The van der Waals surface area contributed by atoms with E-state index in [4.69, 9.17) is 0 Å². The van der Waals surface area contributed by atoms with E-state index in [1.807, 2.05) is 37.3 Å². The Morgan fingerprint density at radius 2 is 1.77 bits per heavy atom. The van der Waals surface area contributed by atoms with Crippen molar-refractivity contribution in [3.8, 4) is 0 Å². The molecule has 4 unspecified atom stereocenters. The zero-order valence-corrected chi connectivity index (χ0v) is 12.4. The van der Waals surface area contributed by atoms with E-state index in [2.05, 4.69) is 11.4 Å². The van der Waals surface area contributed by atoms with Gasteiger partial charge in [0.2, 0.25) is 5.91 Å². The Kier molecular flexibility index (Phi) is 2.74. The van der Waals surface area contributed by atoms with E-state index < -0.39 is 17.8 Å². The summed E-state index contributed by atoms with van der Waals surface area (Å²) in [5.74, 6) is -2.47. The van der Waals surface area contributed by atoms with Gasteiger partial charge in [0.25, 0.3) is 0 Å². The first kappa shape index (κ1) is 13.6. The van der Waals surface area contributed by atoms with Gasteiger partial charge in [-0.1, -0.05) is 30.4 Å². The second kappa shape index (κ2) is 4.45. The number of anilines is 1. The van der Waals surface area contributed by atoms with Gasteiger partial charge in [0.15, 0.2) is 0 Å². The van der Waals surface area contributed by atoms with Crippen LogP contribution in [0.5, 0.6) is 0 Å². The lowest BCUT2D eigenvalue weighted by atomic mass is 9.82. The topological polar surface area (TPSA) is 69.2 Å². The van der Waals surface area contributed by atoms with E-state index in [0.717, 1.165) is 24.1 Å². The summed E-state index contributed by atoms with van der Waals surface area (Å²) in [5.41, 5.74) is 1.75. The fraction of sp³-hybridized carbons (Fsp3) is 0.444. The molecule has 4 atom stereocenters. The van der Waals surface area contributed by atoms with Crippen LogP contribution in [-0.2, 0) is 9.59 Å². The van der Waals surface area contributed by atoms with E-state index in [9.17, 15) is 14.7 Å². The summed E-state index contributed by atoms with van der Waals surface area (Å²) in [6.07, 6.45) is 6.09. The number of carboxylic acids is 1. The molecule has 1 aromatic carbocycles. The molecule has 3 aliphatic rings. The Labute approximate surface area is 129 Å². The molecule has 3 aliphatic carbocycles. The van der Waals surface area contributed by atoms with Gasteiger partial charge in [0, 0.05) is 17.6 Å². The highest BCUT2D eigenvalue weighted by Crippen LogP contribution is 2.71. The molecule has 4 nitrogen and oxygen atoms in total. The first-order chi connectivity index (χ1) is 10.5. The maximum atomic E-state index is 12.8. The van der Waals surface area contributed by atoms with Crippen molar-refractivity contribution < 1.29 is 14.7 Å². The highest BCUT2D eigenvalue weighted by molar-refractivity contribution is 5.97. The Morgan fingerprint density at radius 1 is 1.14 bits per heavy atom. The zero-order chi connectivity index (χ0) is 15.5. The third-order valence-corrected chi connectivity index (χ3v) is 5.82. The number of carbonyl (C=O) groups excluding carboxylic acids is 2. The van der Waals surface area contributed by atoms with Gasteiger partial charge < -0.3 is 15.2 Å². The first-order valence-electron chi connectivity index (χ1n) is 7.80. The fourth-order valence-corrected chi connectivity index (χ4v) is 4.61. The minimum Gasteiger partial charge on any atom is -0.550 e. The number of rotatable bonds is 3. The largest absolute Gasteiger partial charge is 0.550 e. The van der Waals surface area contributed by atoms with Gasteiger partial charge in [-0.2, -0.15) is 0 Å². The Hall–Kier alpha value is -2.10. The third-order valence-electron chi connectivity index (χ3n) is 5.82. The van der Waals surface area contributed by atoms with E-state index in [0.29, 0.717) is 0 Å². The number of carbonyl (C=O) groups is 2. The van der Waals surface area contributed by atoms with E-state index in [1.165, 1.54) is 0 Å². The quantitative estimate of drug-likeness (QED) is 0.860. The van der Waals surface area contributed by atoms with Crippen LogP contribution in [0.15, 0.2) is 36.4 Å². The predicted octanol–water partition coefficient (Wildman–Crippen LogP) is 1.51. The van der Waals surface area contributed by atoms with Gasteiger partial charge >= 0.3 is 0 Å². The number of hydrogen-bond acceptors (Lipinski definition) is 3. The molecule has 0 saturated heterocycles. The molecule has 2 saturated carbocycles. The number of hydrogen-bond donors (Lipinski definition) is 1. The maximum absolute atomic E-state index is 12.8. The second-order valence-electron chi connectivity index (χ2n) is 6.84. The highest BCUT2D eigenvalue weighted by atomic mass is 16.4. The van der Waals surface area contributed by atoms with Crippen LogP contribution in [0.3, 0.4) is 0 Å². The van der Waals surface area contributed by atoms with Crippen molar-refractivity contribution in [1.29, 1.82) is 0 Å². The van der Waals surface area contributed by atoms with Crippen molar-refractivity contribution in [1.82, 2.24) is 0 Å². The number of aryl methyl sites for hydroxylation is 1. The number of benzene rings is 1. The molecular weight excluding hydrogens is 278 g/mol. The summed E-state index contributed by atoms with van der Waals surface area (Å²) in [7, 11) is 0. The monoisotopic (exact) mass is 296 g/mol. The highest BCUT2D eigenvalue weighted by Gasteiger charge is 2.68. The number of aliphatic carboxylic acids is 1. The predicted molar refractivity (Wildman–Crippen MR) is 79.6 cm³/mol. The SMILES string of the molecule is Cc1ccccc1NC(=O)C1C(C(=O)[O-])C2C=CC1C21CC1. The summed E-state index contributed by atoms with van der Waals surface area (Å²) >= 11 is 0. The molecule has 0 aromatic heterocycles. The molecule has 0 aliphatic heterocycles. The van der Waals surface area contributed by atoms with Crippen LogP contribution < -0.4 is 10.4 Å². The second-order valence-corrected chi connectivity index (χ2v) is 6.84. The molecule has 4 heteroatoms. The lowest BCUT2D eigenvalue weighted by Crippen LogP contribution is -2.43. The van der Waals surface area contributed by atoms with Crippen LogP contribution in [0.2, 0.25) is 0 Å². The van der Waals surface area contributed by atoms with Crippen LogP contribution in [0.1, 0.15) is 18.4 Å². The molecule has 0 radical (unpaired) electrons. The summed E-state index contributed by atoms with van der Waals surface area (Å²) in [6, 6.07) is 7.54. The molecular formula is C18H18NO3-. The number of allylic oxidation sites excluding steroid dienone is 2. The van der Waals surface area contributed by atoms with E-state index >= 15 is 0 Å². The Bertz CT molecular complexity index is 689. The summed E-state index contributed by atoms with van der Waals surface area (Å²) in [5, 5.41) is 14.5. The smallest absolute Gasteiger partial charge is 0.228 e. The molecule has 22 heavy (non-hydrogen) atoms. The van der Waals surface area contributed by atoms with Crippen LogP contribution in [0.25, 0.3) is 0 Å². The van der Waals surface area contributed by atoms with E-state index in [-0.39, 0.29) is 23.2 Å². The van der Waals surface area contributed by atoms with Crippen molar-refractivity contribution in [2.24, 2.45) is 29.1 Å². The lowest BCUT2D eigenvalue weighted by molar-refractivity contribution is -0.313. The molecule has 1 N–H and O–H groups in total. The number of nitrogens with one attached hydrogen (secondary N) is 1.